The van der Waals surface area contributed by atoms with Gasteiger partial charge in [-0.25, -0.2) is 0 Å². The van der Waals surface area contributed by atoms with E-state index in [4.69, 9.17) is 16.7 Å². The first kappa shape index (κ1) is 17.3. The van der Waals surface area contributed by atoms with Crippen molar-refractivity contribution in [3.05, 3.63) is 29.3 Å². The number of rotatable bonds is 8. The number of carbonyl (C=O) groups excluding carboxylic acids is 1. The Hall–Kier alpha value is -0.710. The van der Waals surface area contributed by atoms with E-state index in [1.807, 2.05) is 38.1 Å². The van der Waals surface area contributed by atoms with E-state index in [1.54, 1.807) is 11.8 Å². The molecule has 0 saturated heterocycles. The number of halogens is 1. The summed E-state index contributed by atoms with van der Waals surface area (Å²) < 4.78 is 0. The van der Waals surface area contributed by atoms with Crippen molar-refractivity contribution in [1.29, 1.82) is 0 Å². The van der Waals surface area contributed by atoms with Gasteiger partial charge in [-0.05, 0) is 31.9 Å². The molecule has 20 heavy (non-hydrogen) atoms. The molecule has 0 aliphatic heterocycles. The summed E-state index contributed by atoms with van der Waals surface area (Å²) in [6, 6.07) is 7.62. The summed E-state index contributed by atoms with van der Waals surface area (Å²) in [5, 5.41) is 12.7. The number of aliphatic hydroxyl groups is 1. The highest BCUT2D eigenvalue weighted by atomic mass is 35.5. The van der Waals surface area contributed by atoms with E-state index in [0.717, 1.165) is 16.3 Å². The molecule has 1 rings (SSSR count). The maximum Gasteiger partial charge on any atom is 0.221 e. The van der Waals surface area contributed by atoms with E-state index in [2.05, 4.69) is 5.32 Å². The van der Waals surface area contributed by atoms with Crippen LogP contribution in [-0.2, 0) is 4.79 Å². The zero-order chi connectivity index (χ0) is 15.0. The van der Waals surface area contributed by atoms with Crippen molar-refractivity contribution in [2.45, 2.75) is 43.5 Å². The predicted molar refractivity (Wildman–Crippen MR) is 85.3 cm³/mol. The molecule has 0 radical (unpaired) electrons. The fourth-order valence-electron chi connectivity index (χ4n) is 1.79. The van der Waals surface area contributed by atoms with E-state index in [9.17, 15) is 4.79 Å². The number of amides is 1. The Morgan fingerprint density at radius 1 is 1.45 bits per heavy atom. The standard InChI is InChI=1S/C15H22ClNO2S/c1-3-15(2,9-10-18)17-14(19)8-11-20-13-7-5-4-6-12(13)16/h4-7,18H,3,8-11H2,1-2H3,(H,17,19). The molecular weight excluding hydrogens is 294 g/mol. The lowest BCUT2D eigenvalue weighted by atomic mass is 9.95. The van der Waals surface area contributed by atoms with Gasteiger partial charge in [0, 0.05) is 29.2 Å². The molecule has 0 aliphatic rings. The van der Waals surface area contributed by atoms with Gasteiger partial charge in [-0.15, -0.1) is 11.8 Å². The molecule has 0 aliphatic carbocycles. The molecule has 0 bridgehead atoms. The van der Waals surface area contributed by atoms with E-state index in [0.29, 0.717) is 18.6 Å². The maximum absolute atomic E-state index is 11.9. The lowest BCUT2D eigenvalue weighted by Crippen LogP contribution is -2.46. The molecule has 1 aromatic carbocycles. The summed E-state index contributed by atoms with van der Waals surface area (Å²) in [4.78, 5) is 12.9. The fourth-order valence-corrected chi connectivity index (χ4v) is 2.98. The van der Waals surface area contributed by atoms with Gasteiger partial charge in [0.15, 0.2) is 0 Å². The number of carbonyl (C=O) groups is 1. The summed E-state index contributed by atoms with van der Waals surface area (Å²) in [7, 11) is 0. The average molecular weight is 316 g/mol. The van der Waals surface area contributed by atoms with E-state index < -0.39 is 0 Å². The lowest BCUT2D eigenvalue weighted by molar-refractivity contribution is -0.122. The molecule has 3 nitrogen and oxygen atoms in total. The lowest BCUT2D eigenvalue weighted by Gasteiger charge is -2.29. The molecule has 5 heteroatoms. The molecule has 2 N–H and O–H groups in total. The minimum absolute atomic E-state index is 0.0161. The van der Waals surface area contributed by atoms with Crippen molar-refractivity contribution in [3.63, 3.8) is 0 Å². The van der Waals surface area contributed by atoms with Crippen molar-refractivity contribution in [2.75, 3.05) is 12.4 Å². The van der Waals surface area contributed by atoms with Crippen LogP contribution in [0.4, 0.5) is 0 Å². The molecular formula is C15H22ClNO2S. The first-order valence-electron chi connectivity index (χ1n) is 6.80. The molecule has 1 aromatic rings. The number of benzene rings is 1. The van der Waals surface area contributed by atoms with Crippen LogP contribution in [0, 0.1) is 0 Å². The second kappa shape index (κ2) is 8.55. The number of hydrogen-bond acceptors (Lipinski definition) is 3. The SMILES string of the molecule is CCC(C)(CCO)NC(=O)CCSc1ccccc1Cl. The Morgan fingerprint density at radius 2 is 2.15 bits per heavy atom. The first-order valence-corrected chi connectivity index (χ1v) is 8.16. The minimum Gasteiger partial charge on any atom is -0.396 e. The van der Waals surface area contributed by atoms with Gasteiger partial charge >= 0.3 is 0 Å². The van der Waals surface area contributed by atoms with E-state index in [1.165, 1.54) is 0 Å². The minimum atomic E-state index is -0.319. The quantitative estimate of drug-likeness (QED) is 0.722. The maximum atomic E-state index is 11.9. The molecule has 0 aromatic heterocycles. The molecule has 112 valence electrons. The predicted octanol–water partition coefficient (Wildman–Crippen LogP) is 3.49. The number of aliphatic hydroxyl groups excluding tert-OH is 1. The topological polar surface area (TPSA) is 49.3 Å². The zero-order valence-corrected chi connectivity index (χ0v) is 13.6. The molecule has 1 atom stereocenters. The summed E-state index contributed by atoms with van der Waals surface area (Å²) in [5.41, 5.74) is -0.319. The van der Waals surface area contributed by atoms with Gasteiger partial charge in [-0.1, -0.05) is 30.7 Å². The van der Waals surface area contributed by atoms with Crippen LogP contribution < -0.4 is 5.32 Å². The third kappa shape index (κ3) is 5.73. The Labute approximate surface area is 130 Å². The van der Waals surface area contributed by atoms with Crippen LogP contribution >= 0.6 is 23.4 Å². The van der Waals surface area contributed by atoms with E-state index >= 15 is 0 Å². The van der Waals surface area contributed by atoms with Crippen molar-refractivity contribution < 1.29 is 9.90 Å². The van der Waals surface area contributed by atoms with Crippen LogP contribution in [0.2, 0.25) is 5.02 Å². The van der Waals surface area contributed by atoms with Gasteiger partial charge < -0.3 is 10.4 Å². The normalized spacial score (nSPS) is 13.8. The van der Waals surface area contributed by atoms with Gasteiger partial charge in [0.05, 0.1) is 5.02 Å². The Bertz CT molecular complexity index is 442. The third-order valence-electron chi connectivity index (χ3n) is 3.31. The zero-order valence-electron chi connectivity index (χ0n) is 12.0. The Morgan fingerprint density at radius 3 is 2.75 bits per heavy atom. The van der Waals surface area contributed by atoms with E-state index in [-0.39, 0.29) is 18.1 Å². The van der Waals surface area contributed by atoms with Gasteiger partial charge in [0.25, 0.3) is 0 Å². The summed E-state index contributed by atoms with van der Waals surface area (Å²) in [5.74, 6) is 0.705. The van der Waals surface area contributed by atoms with Crippen LogP contribution in [0.15, 0.2) is 29.2 Å². The van der Waals surface area contributed by atoms with Gasteiger partial charge in [0.2, 0.25) is 5.91 Å². The van der Waals surface area contributed by atoms with Crippen LogP contribution in [-0.4, -0.2) is 28.9 Å². The van der Waals surface area contributed by atoms with Gasteiger partial charge in [-0.2, -0.15) is 0 Å². The summed E-state index contributed by atoms with van der Waals surface area (Å²) >= 11 is 7.64. The second-order valence-electron chi connectivity index (χ2n) is 4.96. The first-order chi connectivity index (χ1) is 9.50. The summed E-state index contributed by atoms with van der Waals surface area (Å²) in [6.45, 7) is 4.05. The fraction of sp³-hybridized carbons (Fsp3) is 0.533. The number of nitrogens with one attached hydrogen (secondary N) is 1. The van der Waals surface area contributed by atoms with Crippen LogP contribution in [0.1, 0.15) is 33.1 Å². The Balaban J connectivity index is 2.38. The van der Waals surface area contributed by atoms with Crippen molar-refractivity contribution in [1.82, 2.24) is 5.32 Å². The van der Waals surface area contributed by atoms with Crippen LogP contribution in [0.25, 0.3) is 0 Å². The highest BCUT2D eigenvalue weighted by molar-refractivity contribution is 7.99. The Kier molecular flexibility index (Phi) is 7.41. The van der Waals surface area contributed by atoms with Crippen molar-refractivity contribution in [3.8, 4) is 0 Å². The highest BCUT2D eigenvalue weighted by Crippen LogP contribution is 2.27. The van der Waals surface area contributed by atoms with Crippen LogP contribution in [0.3, 0.4) is 0 Å². The molecule has 0 spiro atoms. The second-order valence-corrected chi connectivity index (χ2v) is 6.51. The molecule has 0 heterocycles. The monoisotopic (exact) mass is 315 g/mol. The van der Waals surface area contributed by atoms with Crippen LogP contribution in [0.5, 0.6) is 0 Å². The van der Waals surface area contributed by atoms with Gasteiger partial charge in [0.1, 0.15) is 0 Å². The third-order valence-corrected chi connectivity index (χ3v) is 4.83. The van der Waals surface area contributed by atoms with Gasteiger partial charge in [-0.3, -0.25) is 4.79 Å². The van der Waals surface area contributed by atoms with Crippen molar-refractivity contribution in [2.24, 2.45) is 0 Å². The smallest absolute Gasteiger partial charge is 0.221 e. The molecule has 0 saturated carbocycles. The average Bonchev–Trinajstić information content (AvgIpc) is 2.41. The molecule has 1 unspecified atom stereocenters. The number of hydrogen-bond donors (Lipinski definition) is 2. The summed E-state index contributed by atoms with van der Waals surface area (Å²) in [6.07, 6.45) is 1.82. The largest absolute Gasteiger partial charge is 0.396 e. The van der Waals surface area contributed by atoms with Crippen molar-refractivity contribution >= 4 is 29.3 Å². The molecule has 1 amide bonds. The highest BCUT2D eigenvalue weighted by Gasteiger charge is 2.23. The molecule has 0 fully saturated rings. The number of thioether (sulfide) groups is 1.